The van der Waals surface area contributed by atoms with Gasteiger partial charge in [-0.3, -0.25) is 9.48 Å². The third-order valence-electron chi connectivity index (χ3n) is 4.79. The molecule has 10 nitrogen and oxygen atoms in total. The van der Waals surface area contributed by atoms with Crippen molar-refractivity contribution in [3.8, 4) is 17.0 Å². The van der Waals surface area contributed by atoms with Gasteiger partial charge < -0.3 is 20.3 Å². The summed E-state index contributed by atoms with van der Waals surface area (Å²) in [7, 11) is 1.52. The molecule has 0 aliphatic carbocycles. The maximum atomic E-state index is 13.1. The van der Waals surface area contributed by atoms with Gasteiger partial charge in [0, 0.05) is 29.2 Å². The molecule has 0 radical (unpaired) electrons. The van der Waals surface area contributed by atoms with E-state index in [4.69, 9.17) is 16.3 Å². The average molecular weight is 457 g/mol. The Balaban J connectivity index is 1.77. The highest BCUT2D eigenvalue weighted by Gasteiger charge is 2.24. The molecule has 3 heterocycles. The minimum absolute atomic E-state index is 0.00643. The van der Waals surface area contributed by atoms with Gasteiger partial charge in [-0.15, -0.1) is 0 Å². The molecule has 4 aromatic rings. The van der Waals surface area contributed by atoms with E-state index in [1.165, 1.54) is 29.4 Å². The summed E-state index contributed by atoms with van der Waals surface area (Å²) in [6.45, 7) is 1.02. The van der Waals surface area contributed by atoms with Crippen LogP contribution in [0.2, 0.25) is 5.02 Å². The van der Waals surface area contributed by atoms with E-state index in [0.29, 0.717) is 33.4 Å². The molecule has 1 unspecified atom stereocenters. The first-order chi connectivity index (χ1) is 15.3. The number of nitrogens with zero attached hydrogens (tertiary/aromatic N) is 5. The summed E-state index contributed by atoms with van der Waals surface area (Å²) in [5.74, 6) is 0.0659. The Morgan fingerprint density at radius 2 is 2.19 bits per heavy atom. The van der Waals surface area contributed by atoms with E-state index >= 15 is 0 Å². The Kier molecular flexibility index (Phi) is 5.83. The lowest BCUT2D eigenvalue weighted by atomic mass is 10.1. The largest absolute Gasteiger partial charge is 0.496 e. The second-order valence-corrected chi connectivity index (χ2v) is 7.93. The molecule has 0 aliphatic rings. The zero-order chi connectivity index (χ0) is 22.9. The second-order valence-electron chi connectivity index (χ2n) is 7.49. The maximum absolute atomic E-state index is 13.1. The van der Waals surface area contributed by atoms with Crippen LogP contribution in [0, 0.1) is 0 Å². The summed E-state index contributed by atoms with van der Waals surface area (Å²) in [5.41, 5.74) is 0.577. The number of carbonyl (C=O) groups excluding carboxylic acids is 1. The number of fused-ring (bicyclic) bond motifs is 1. The summed E-state index contributed by atoms with van der Waals surface area (Å²) in [5, 5.41) is 31.7. The van der Waals surface area contributed by atoms with Crippen molar-refractivity contribution in [2.24, 2.45) is 0 Å². The molecule has 1 aromatic carbocycles. The van der Waals surface area contributed by atoms with Crippen LogP contribution in [0.3, 0.4) is 0 Å². The van der Waals surface area contributed by atoms with Crippen LogP contribution in [0.15, 0.2) is 49.1 Å². The lowest BCUT2D eigenvalue weighted by Crippen LogP contribution is -2.34. The Morgan fingerprint density at radius 3 is 2.94 bits per heavy atom. The number of aromatic nitrogens is 5. The number of amides is 1. The van der Waals surface area contributed by atoms with Gasteiger partial charge in [0.05, 0.1) is 32.1 Å². The van der Waals surface area contributed by atoms with E-state index in [-0.39, 0.29) is 12.1 Å². The fraction of sp³-hybridized carbons (Fsp3) is 0.238. The van der Waals surface area contributed by atoms with Crippen LogP contribution < -0.4 is 10.1 Å². The quantitative estimate of drug-likeness (QED) is 0.389. The van der Waals surface area contributed by atoms with Crippen LogP contribution in [0.25, 0.3) is 16.9 Å². The number of benzene rings is 1. The van der Waals surface area contributed by atoms with Gasteiger partial charge in [-0.05, 0) is 31.2 Å². The van der Waals surface area contributed by atoms with Gasteiger partial charge in [0.2, 0.25) is 0 Å². The fourth-order valence-corrected chi connectivity index (χ4v) is 3.41. The number of aliphatic hydroxyl groups excluding tert-OH is 1. The van der Waals surface area contributed by atoms with Gasteiger partial charge in [0.15, 0.2) is 5.65 Å². The zero-order valence-electron chi connectivity index (χ0n) is 17.4. The van der Waals surface area contributed by atoms with E-state index < -0.39 is 18.1 Å². The lowest BCUT2D eigenvalue weighted by Gasteiger charge is -2.19. The van der Waals surface area contributed by atoms with Crippen molar-refractivity contribution in [1.82, 2.24) is 24.4 Å². The first-order valence-electron chi connectivity index (χ1n) is 9.65. The lowest BCUT2D eigenvalue weighted by molar-refractivity contribution is -0.0144. The molecule has 166 valence electrons. The SMILES string of the molecule is COc1ccc(Cl)cc1-c1nn(CC(C)(O)CO)cc1NC(=O)c1cnn2cccnc12. The molecule has 3 N–H and O–H groups in total. The molecule has 3 aromatic heterocycles. The molecule has 0 bridgehead atoms. The molecule has 4 rings (SSSR count). The van der Waals surface area contributed by atoms with E-state index in [9.17, 15) is 15.0 Å². The van der Waals surface area contributed by atoms with Gasteiger partial charge in [-0.1, -0.05) is 11.6 Å². The molecule has 0 saturated carbocycles. The summed E-state index contributed by atoms with van der Waals surface area (Å²) < 4.78 is 8.38. The number of ether oxygens (including phenoxy) is 1. The highest BCUT2D eigenvalue weighted by atomic mass is 35.5. The molecular weight excluding hydrogens is 436 g/mol. The summed E-state index contributed by atoms with van der Waals surface area (Å²) >= 11 is 6.19. The van der Waals surface area contributed by atoms with Crippen molar-refractivity contribution in [3.05, 3.63) is 59.6 Å². The standard InChI is InChI=1S/C21H21ClN6O4/c1-21(31,12-29)11-27-10-16(18(26-27)14-8-13(22)4-5-17(14)32-2)25-20(30)15-9-24-28-7-3-6-23-19(15)28/h3-10,29,31H,11-12H2,1-2H3,(H,25,30). The number of halogens is 1. The third-order valence-corrected chi connectivity index (χ3v) is 5.03. The molecular formula is C21H21ClN6O4. The van der Waals surface area contributed by atoms with Crippen molar-refractivity contribution >= 4 is 28.8 Å². The minimum atomic E-state index is -1.41. The number of aliphatic hydroxyl groups is 2. The molecule has 0 saturated heterocycles. The summed E-state index contributed by atoms with van der Waals surface area (Å²) in [6, 6.07) is 6.76. The number of anilines is 1. The van der Waals surface area contributed by atoms with E-state index in [0.717, 1.165) is 0 Å². The number of methoxy groups -OCH3 is 1. The van der Waals surface area contributed by atoms with E-state index in [1.54, 1.807) is 42.9 Å². The summed E-state index contributed by atoms with van der Waals surface area (Å²) in [4.78, 5) is 17.3. The third kappa shape index (κ3) is 4.28. The van der Waals surface area contributed by atoms with Crippen molar-refractivity contribution < 1.29 is 19.7 Å². The first kappa shape index (κ1) is 21.8. The predicted octanol–water partition coefficient (Wildman–Crippen LogP) is 2.25. The molecule has 1 amide bonds. The number of hydrogen-bond acceptors (Lipinski definition) is 7. The van der Waals surface area contributed by atoms with Crippen LogP contribution in [-0.2, 0) is 6.54 Å². The molecule has 1 atom stereocenters. The Hall–Kier alpha value is -3.47. The van der Waals surface area contributed by atoms with Crippen molar-refractivity contribution in [2.75, 3.05) is 19.0 Å². The van der Waals surface area contributed by atoms with Crippen LogP contribution in [0.1, 0.15) is 17.3 Å². The highest BCUT2D eigenvalue weighted by molar-refractivity contribution is 6.31. The monoisotopic (exact) mass is 456 g/mol. The fourth-order valence-electron chi connectivity index (χ4n) is 3.23. The van der Waals surface area contributed by atoms with Crippen LogP contribution in [0.4, 0.5) is 5.69 Å². The van der Waals surface area contributed by atoms with Crippen molar-refractivity contribution in [3.63, 3.8) is 0 Å². The normalized spacial score (nSPS) is 13.2. The van der Waals surface area contributed by atoms with Crippen molar-refractivity contribution in [1.29, 1.82) is 0 Å². The van der Waals surface area contributed by atoms with Crippen LogP contribution >= 0.6 is 11.6 Å². The Morgan fingerprint density at radius 1 is 1.38 bits per heavy atom. The average Bonchev–Trinajstić information content (AvgIpc) is 3.37. The predicted molar refractivity (Wildman–Crippen MR) is 118 cm³/mol. The summed E-state index contributed by atoms with van der Waals surface area (Å²) in [6.07, 6.45) is 6.26. The number of carbonyl (C=O) groups is 1. The number of rotatable bonds is 7. The molecule has 0 spiro atoms. The number of nitrogens with one attached hydrogen (secondary N) is 1. The molecule has 11 heteroatoms. The Labute approximate surface area is 188 Å². The molecule has 0 fully saturated rings. The molecule has 0 aliphatic heterocycles. The minimum Gasteiger partial charge on any atom is -0.496 e. The van der Waals surface area contributed by atoms with Crippen LogP contribution in [0.5, 0.6) is 5.75 Å². The Bertz CT molecular complexity index is 1280. The molecule has 32 heavy (non-hydrogen) atoms. The smallest absolute Gasteiger partial charge is 0.261 e. The van der Waals surface area contributed by atoms with Gasteiger partial charge in [-0.25, -0.2) is 9.50 Å². The van der Waals surface area contributed by atoms with E-state index in [1.807, 2.05) is 0 Å². The number of hydrogen-bond donors (Lipinski definition) is 3. The topological polar surface area (TPSA) is 127 Å². The van der Waals surface area contributed by atoms with Crippen molar-refractivity contribution in [2.45, 2.75) is 19.1 Å². The zero-order valence-corrected chi connectivity index (χ0v) is 18.1. The van der Waals surface area contributed by atoms with Gasteiger partial charge in [0.25, 0.3) is 5.91 Å². The van der Waals surface area contributed by atoms with E-state index in [2.05, 4.69) is 20.5 Å². The van der Waals surface area contributed by atoms with Gasteiger partial charge in [0.1, 0.15) is 22.6 Å². The van der Waals surface area contributed by atoms with Gasteiger partial charge in [-0.2, -0.15) is 10.2 Å². The maximum Gasteiger partial charge on any atom is 0.261 e. The van der Waals surface area contributed by atoms with Gasteiger partial charge >= 0.3 is 0 Å². The highest BCUT2D eigenvalue weighted by Crippen LogP contribution is 2.36. The second kappa shape index (κ2) is 8.58. The van der Waals surface area contributed by atoms with Crippen LogP contribution in [-0.4, -0.2) is 59.8 Å². The first-order valence-corrected chi connectivity index (χ1v) is 10.0.